The number of amides is 2. The molecule has 2 amide bonds. The maximum atomic E-state index is 12.4. The molecule has 0 aliphatic carbocycles. The Labute approximate surface area is 154 Å². The van der Waals surface area contributed by atoms with Gasteiger partial charge in [0.05, 0.1) is 0 Å². The molecule has 0 aromatic carbocycles. The van der Waals surface area contributed by atoms with Gasteiger partial charge in [0.1, 0.15) is 24.4 Å². The van der Waals surface area contributed by atoms with Crippen LogP contribution in [0.2, 0.25) is 0 Å². The van der Waals surface area contributed by atoms with E-state index in [1.807, 2.05) is 20.8 Å². The minimum atomic E-state index is -1.66. The molecule has 0 aromatic heterocycles. The summed E-state index contributed by atoms with van der Waals surface area (Å²) in [5, 5.41) is 35.7. The lowest BCUT2D eigenvalue weighted by Gasteiger charge is -2.28. The highest BCUT2D eigenvalue weighted by molar-refractivity contribution is 5.89. The first kappa shape index (κ1) is 22.6. The smallest absolute Gasteiger partial charge is 0.252 e. The van der Waals surface area contributed by atoms with Crippen LogP contribution in [0.3, 0.4) is 0 Å². The van der Waals surface area contributed by atoms with Crippen LogP contribution < -0.4 is 10.6 Å². The SMILES string of the molecule is COC(C(=O)NC1CCCCNC1=O)C(O)C(O)C(O)C=CC(C)(C)C. The van der Waals surface area contributed by atoms with Crippen molar-refractivity contribution in [1.82, 2.24) is 10.6 Å². The Morgan fingerprint density at radius 3 is 2.50 bits per heavy atom. The number of hydrogen-bond donors (Lipinski definition) is 5. The number of aliphatic hydroxyl groups excluding tert-OH is 3. The average Bonchev–Trinajstić information content (AvgIpc) is 2.76. The van der Waals surface area contributed by atoms with E-state index in [4.69, 9.17) is 4.74 Å². The molecule has 1 heterocycles. The summed E-state index contributed by atoms with van der Waals surface area (Å²) in [5.41, 5.74) is -0.212. The Hall–Kier alpha value is -1.48. The Morgan fingerprint density at radius 1 is 1.27 bits per heavy atom. The third-order valence-electron chi connectivity index (χ3n) is 4.17. The Kier molecular flexibility index (Phi) is 8.69. The van der Waals surface area contributed by atoms with Crippen molar-refractivity contribution in [2.75, 3.05) is 13.7 Å². The third kappa shape index (κ3) is 7.03. The molecule has 8 heteroatoms. The molecular weight excluding hydrogens is 340 g/mol. The molecule has 26 heavy (non-hydrogen) atoms. The topological polar surface area (TPSA) is 128 Å². The second-order valence-electron chi connectivity index (χ2n) is 7.70. The standard InChI is InChI=1S/C18H32N2O6/c1-18(2,3)9-8-12(21)13(22)14(23)15(26-4)17(25)20-11-7-5-6-10-19-16(11)24/h8-9,11-15,21-23H,5-7,10H2,1-4H3,(H,19,24)(H,20,25). The predicted octanol–water partition coefficient (Wildman–Crippen LogP) is -0.529. The van der Waals surface area contributed by atoms with Crippen LogP contribution in [0.5, 0.6) is 0 Å². The number of carbonyl (C=O) groups excluding carboxylic acids is 2. The van der Waals surface area contributed by atoms with Crippen molar-refractivity contribution in [2.45, 2.75) is 70.5 Å². The fourth-order valence-electron chi connectivity index (χ4n) is 2.61. The largest absolute Gasteiger partial charge is 0.387 e. The minimum absolute atomic E-state index is 0.212. The third-order valence-corrected chi connectivity index (χ3v) is 4.17. The predicted molar refractivity (Wildman–Crippen MR) is 96.2 cm³/mol. The molecule has 5 unspecified atom stereocenters. The van der Waals surface area contributed by atoms with Crippen LogP contribution in [0.25, 0.3) is 0 Å². The van der Waals surface area contributed by atoms with Gasteiger partial charge in [-0.2, -0.15) is 0 Å². The van der Waals surface area contributed by atoms with Gasteiger partial charge in [-0.05, 0) is 24.7 Å². The molecule has 1 aliphatic heterocycles. The lowest BCUT2D eigenvalue weighted by atomic mass is 9.94. The van der Waals surface area contributed by atoms with Crippen molar-refractivity contribution in [2.24, 2.45) is 5.41 Å². The summed E-state index contributed by atoms with van der Waals surface area (Å²) in [5.74, 6) is -0.998. The van der Waals surface area contributed by atoms with E-state index in [1.165, 1.54) is 13.2 Å². The molecule has 5 atom stereocenters. The average molecular weight is 372 g/mol. The first-order valence-corrected chi connectivity index (χ1v) is 8.91. The number of rotatable bonds is 7. The first-order chi connectivity index (χ1) is 12.1. The van der Waals surface area contributed by atoms with E-state index in [0.717, 1.165) is 12.8 Å². The Morgan fingerprint density at radius 2 is 1.92 bits per heavy atom. The summed E-state index contributed by atoms with van der Waals surface area (Å²) >= 11 is 0. The van der Waals surface area contributed by atoms with Crippen LogP contribution in [0, 0.1) is 5.41 Å². The van der Waals surface area contributed by atoms with E-state index >= 15 is 0 Å². The maximum Gasteiger partial charge on any atom is 0.252 e. The van der Waals surface area contributed by atoms with E-state index in [2.05, 4.69) is 10.6 Å². The summed E-state index contributed by atoms with van der Waals surface area (Å²) in [6.45, 7) is 6.32. The maximum absolute atomic E-state index is 12.4. The summed E-state index contributed by atoms with van der Waals surface area (Å²) in [6.07, 6.45) is -0.885. The molecule has 0 saturated carbocycles. The van der Waals surface area contributed by atoms with E-state index in [9.17, 15) is 24.9 Å². The second-order valence-corrected chi connectivity index (χ2v) is 7.70. The van der Waals surface area contributed by atoms with Crippen LogP contribution in [-0.2, 0) is 14.3 Å². The summed E-state index contributed by atoms with van der Waals surface area (Å²) in [7, 11) is 1.21. The van der Waals surface area contributed by atoms with Crippen LogP contribution >= 0.6 is 0 Å². The van der Waals surface area contributed by atoms with Gasteiger partial charge in [0.2, 0.25) is 5.91 Å². The van der Waals surface area contributed by atoms with E-state index in [1.54, 1.807) is 6.08 Å². The highest BCUT2D eigenvalue weighted by Gasteiger charge is 2.37. The van der Waals surface area contributed by atoms with Gasteiger partial charge < -0.3 is 30.7 Å². The monoisotopic (exact) mass is 372 g/mol. The normalized spacial score (nSPS) is 23.7. The molecule has 0 aromatic rings. The number of carbonyl (C=O) groups is 2. The molecule has 0 radical (unpaired) electrons. The Bertz CT molecular complexity index is 502. The van der Waals surface area contributed by atoms with Gasteiger partial charge in [-0.3, -0.25) is 9.59 Å². The van der Waals surface area contributed by atoms with Crippen LogP contribution in [0.1, 0.15) is 40.0 Å². The van der Waals surface area contributed by atoms with E-state index in [0.29, 0.717) is 13.0 Å². The van der Waals surface area contributed by atoms with Crippen LogP contribution in [-0.4, -0.2) is 71.2 Å². The molecule has 1 fully saturated rings. The van der Waals surface area contributed by atoms with Crippen LogP contribution in [0.4, 0.5) is 0 Å². The van der Waals surface area contributed by atoms with E-state index < -0.39 is 36.4 Å². The van der Waals surface area contributed by atoms with Crippen molar-refractivity contribution in [1.29, 1.82) is 0 Å². The van der Waals surface area contributed by atoms with Gasteiger partial charge in [-0.15, -0.1) is 0 Å². The van der Waals surface area contributed by atoms with Crippen molar-refractivity contribution >= 4 is 11.8 Å². The van der Waals surface area contributed by atoms with Gasteiger partial charge in [-0.25, -0.2) is 0 Å². The summed E-state index contributed by atoms with van der Waals surface area (Å²) in [6, 6.07) is -0.710. The van der Waals surface area contributed by atoms with Gasteiger partial charge in [0.25, 0.3) is 5.91 Å². The first-order valence-electron chi connectivity index (χ1n) is 8.91. The summed E-state index contributed by atoms with van der Waals surface area (Å²) in [4.78, 5) is 24.3. The number of ether oxygens (including phenoxy) is 1. The number of aliphatic hydroxyl groups is 3. The molecule has 1 rings (SSSR count). The van der Waals surface area contributed by atoms with Gasteiger partial charge >= 0.3 is 0 Å². The molecule has 8 nitrogen and oxygen atoms in total. The number of methoxy groups -OCH3 is 1. The zero-order valence-electron chi connectivity index (χ0n) is 15.9. The Balaban J connectivity index is 2.73. The molecule has 5 N–H and O–H groups in total. The molecule has 0 bridgehead atoms. The zero-order chi connectivity index (χ0) is 19.9. The number of allylic oxidation sites excluding steroid dienone is 1. The second kappa shape index (κ2) is 10.0. The molecule has 150 valence electrons. The fraction of sp³-hybridized carbons (Fsp3) is 0.778. The number of nitrogens with one attached hydrogen (secondary N) is 2. The minimum Gasteiger partial charge on any atom is -0.387 e. The lowest BCUT2D eigenvalue weighted by Crippen LogP contribution is -2.55. The molecule has 1 saturated heterocycles. The van der Waals surface area contributed by atoms with Crippen molar-refractivity contribution in [3.8, 4) is 0 Å². The quantitative estimate of drug-likeness (QED) is 0.382. The van der Waals surface area contributed by atoms with E-state index in [-0.39, 0.29) is 11.3 Å². The highest BCUT2D eigenvalue weighted by Crippen LogP contribution is 2.17. The van der Waals surface area contributed by atoms with Crippen molar-refractivity contribution in [3.63, 3.8) is 0 Å². The van der Waals surface area contributed by atoms with Gasteiger partial charge in [-0.1, -0.05) is 32.9 Å². The van der Waals surface area contributed by atoms with Gasteiger partial charge in [0.15, 0.2) is 6.10 Å². The highest BCUT2D eigenvalue weighted by atomic mass is 16.5. The molecular formula is C18H32N2O6. The zero-order valence-corrected chi connectivity index (χ0v) is 15.9. The summed E-state index contributed by atoms with van der Waals surface area (Å²) < 4.78 is 5.01. The molecule has 1 aliphatic rings. The van der Waals surface area contributed by atoms with Crippen molar-refractivity contribution in [3.05, 3.63) is 12.2 Å². The number of hydrogen-bond acceptors (Lipinski definition) is 6. The van der Waals surface area contributed by atoms with Gasteiger partial charge in [0, 0.05) is 13.7 Å². The lowest BCUT2D eigenvalue weighted by molar-refractivity contribution is -0.150. The van der Waals surface area contributed by atoms with Crippen molar-refractivity contribution < 1.29 is 29.6 Å². The fourth-order valence-corrected chi connectivity index (χ4v) is 2.61. The van der Waals surface area contributed by atoms with Crippen LogP contribution in [0.15, 0.2) is 12.2 Å². The molecule has 0 spiro atoms.